The molecule has 0 aliphatic heterocycles. The fraction of sp³-hybridized carbons (Fsp3) is 0.312. The van der Waals surface area contributed by atoms with E-state index in [1.807, 2.05) is 18.7 Å². The molecule has 116 valence electrons. The molecular formula is C16H18N2O3S. The van der Waals surface area contributed by atoms with E-state index in [2.05, 4.69) is 5.32 Å². The summed E-state index contributed by atoms with van der Waals surface area (Å²) >= 11 is 5.32. The number of rotatable bonds is 4. The van der Waals surface area contributed by atoms with E-state index in [-0.39, 0.29) is 11.3 Å². The zero-order valence-electron chi connectivity index (χ0n) is 12.8. The molecule has 0 spiro atoms. The zero-order chi connectivity index (χ0) is 16.4. The summed E-state index contributed by atoms with van der Waals surface area (Å²) in [6.45, 7) is 6.85. The van der Waals surface area contributed by atoms with Gasteiger partial charge in [-0.25, -0.2) is 0 Å². The molecule has 0 saturated heterocycles. The minimum atomic E-state index is -0.438. The third-order valence-electron chi connectivity index (χ3n) is 3.64. The van der Waals surface area contributed by atoms with Crippen molar-refractivity contribution in [3.63, 3.8) is 0 Å². The number of aliphatic hydroxyl groups is 1. The van der Waals surface area contributed by atoms with Gasteiger partial charge < -0.3 is 15.3 Å². The van der Waals surface area contributed by atoms with Crippen molar-refractivity contribution >= 4 is 40.3 Å². The number of fused-ring (bicyclic) bond motifs is 1. The van der Waals surface area contributed by atoms with Crippen LogP contribution in [0.2, 0.25) is 0 Å². The van der Waals surface area contributed by atoms with Gasteiger partial charge in [0, 0.05) is 29.9 Å². The Hall–Kier alpha value is -2.21. The van der Waals surface area contributed by atoms with E-state index in [0.29, 0.717) is 21.9 Å². The lowest BCUT2D eigenvalue weighted by atomic mass is 10.1. The minimum Gasteiger partial charge on any atom is -0.506 e. The number of nitrogens with one attached hydrogen (secondary N) is 1. The molecule has 1 aromatic rings. The van der Waals surface area contributed by atoms with E-state index in [1.165, 1.54) is 6.92 Å². The van der Waals surface area contributed by atoms with Gasteiger partial charge in [0.2, 0.25) is 5.78 Å². The van der Waals surface area contributed by atoms with Crippen LogP contribution in [0.5, 0.6) is 0 Å². The fourth-order valence-electron chi connectivity index (χ4n) is 2.43. The van der Waals surface area contributed by atoms with Gasteiger partial charge in [-0.1, -0.05) is 0 Å². The van der Waals surface area contributed by atoms with E-state index in [9.17, 15) is 14.7 Å². The van der Waals surface area contributed by atoms with Crippen LogP contribution in [0.15, 0.2) is 23.8 Å². The van der Waals surface area contributed by atoms with Crippen molar-refractivity contribution in [2.45, 2.75) is 20.8 Å². The van der Waals surface area contributed by atoms with Gasteiger partial charge >= 0.3 is 0 Å². The van der Waals surface area contributed by atoms with Gasteiger partial charge in [0.1, 0.15) is 11.3 Å². The van der Waals surface area contributed by atoms with Crippen LogP contribution in [0.1, 0.15) is 36.7 Å². The molecular weight excluding hydrogens is 300 g/mol. The Morgan fingerprint density at radius 3 is 2.45 bits per heavy atom. The summed E-state index contributed by atoms with van der Waals surface area (Å²) in [5.74, 6) is -1.13. The van der Waals surface area contributed by atoms with E-state index in [4.69, 9.17) is 12.2 Å². The third kappa shape index (κ3) is 2.74. The average molecular weight is 318 g/mol. The number of aliphatic hydroxyl groups excluding tert-OH is 1. The number of benzene rings is 1. The summed E-state index contributed by atoms with van der Waals surface area (Å²) in [4.78, 5) is 25.5. The molecule has 0 aromatic heterocycles. The van der Waals surface area contributed by atoms with E-state index in [0.717, 1.165) is 13.1 Å². The number of hydrogen-bond donors (Lipinski definition) is 2. The standard InChI is InChI=1S/C16H18N2O3S/c1-4-18(5-2)16(22)17-10-6-7-11-12(8-10)15(21)13(9(3)19)14(11)20/h6-8,21H,4-5H2,1-3H3,(H,17,22). The molecule has 1 aliphatic rings. The highest BCUT2D eigenvalue weighted by Crippen LogP contribution is 2.33. The smallest absolute Gasteiger partial charge is 0.201 e. The molecule has 5 nitrogen and oxygen atoms in total. The van der Waals surface area contributed by atoms with Crippen LogP contribution >= 0.6 is 12.2 Å². The second-order valence-corrected chi connectivity index (χ2v) is 5.36. The van der Waals surface area contributed by atoms with Gasteiger partial charge in [0.05, 0.1) is 0 Å². The summed E-state index contributed by atoms with van der Waals surface area (Å²) in [6.07, 6.45) is 0. The zero-order valence-corrected chi connectivity index (χ0v) is 13.6. The highest BCUT2D eigenvalue weighted by molar-refractivity contribution is 7.80. The van der Waals surface area contributed by atoms with Crippen molar-refractivity contribution in [2.75, 3.05) is 18.4 Å². The second kappa shape index (κ2) is 6.27. The number of ketones is 2. The van der Waals surface area contributed by atoms with Crippen LogP contribution in [0.3, 0.4) is 0 Å². The van der Waals surface area contributed by atoms with Crippen LogP contribution in [0, 0.1) is 0 Å². The summed E-state index contributed by atoms with van der Waals surface area (Å²) in [6, 6.07) is 4.94. The first-order valence-corrected chi connectivity index (χ1v) is 7.50. The first-order valence-electron chi connectivity index (χ1n) is 7.09. The minimum absolute atomic E-state index is 0.154. The van der Waals surface area contributed by atoms with Crippen molar-refractivity contribution in [1.82, 2.24) is 4.90 Å². The summed E-state index contributed by atoms with van der Waals surface area (Å²) in [5.41, 5.74) is 1.21. The molecule has 6 heteroatoms. The predicted octanol–water partition coefficient (Wildman–Crippen LogP) is 2.78. The predicted molar refractivity (Wildman–Crippen MR) is 90.1 cm³/mol. The van der Waals surface area contributed by atoms with Gasteiger partial charge in [-0.05, 0) is 51.2 Å². The molecule has 2 rings (SSSR count). The van der Waals surface area contributed by atoms with Gasteiger partial charge in [-0.2, -0.15) is 0 Å². The SMILES string of the molecule is CCN(CC)C(=S)Nc1ccc2c(c1)C(O)=C(C(C)=O)C2=O. The van der Waals surface area contributed by atoms with Crippen molar-refractivity contribution in [3.8, 4) is 0 Å². The maximum absolute atomic E-state index is 12.1. The van der Waals surface area contributed by atoms with Crippen molar-refractivity contribution in [1.29, 1.82) is 0 Å². The van der Waals surface area contributed by atoms with Gasteiger partial charge in [0.15, 0.2) is 10.9 Å². The van der Waals surface area contributed by atoms with Gasteiger partial charge in [-0.15, -0.1) is 0 Å². The fourth-order valence-corrected chi connectivity index (χ4v) is 2.81. The van der Waals surface area contributed by atoms with Crippen LogP contribution in [-0.2, 0) is 4.79 Å². The molecule has 0 amide bonds. The van der Waals surface area contributed by atoms with E-state index in [1.54, 1.807) is 18.2 Å². The number of nitrogens with zero attached hydrogens (tertiary/aromatic N) is 1. The highest BCUT2D eigenvalue weighted by atomic mass is 32.1. The lowest BCUT2D eigenvalue weighted by molar-refractivity contribution is -0.113. The number of thiocarbonyl (C=S) groups is 1. The lowest BCUT2D eigenvalue weighted by Crippen LogP contribution is -2.34. The van der Waals surface area contributed by atoms with Crippen LogP contribution in [-0.4, -0.2) is 39.8 Å². The van der Waals surface area contributed by atoms with Crippen molar-refractivity contribution < 1.29 is 14.7 Å². The summed E-state index contributed by atoms with van der Waals surface area (Å²) < 4.78 is 0. The normalized spacial score (nSPS) is 13.1. The Morgan fingerprint density at radius 1 is 1.27 bits per heavy atom. The van der Waals surface area contributed by atoms with Crippen LogP contribution in [0.4, 0.5) is 5.69 Å². The largest absolute Gasteiger partial charge is 0.506 e. The molecule has 1 aliphatic carbocycles. The maximum atomic E-state index is 12.1. The Balaban J connectivity index is 2.33. The first-order chi connectivity index (χ1) is 10.4. The maximum Gasteiger partial charge on any atom is 0.201 e. The monoisotopic (exact) mass is 318 g/mol. The molecule has 0 fully saturated rings. The Labute approximate surface area is 134 Å². The third-order valence-corrected chi connectivity index (χ3v) is 4.00. The Morgan fingerprint density at radius 2 is 1.91 bits per heavy atom. The van der Waals surface area contributed by atoms with E-state index >= 15 is 0 Å². The van der Waals surface area contributed by atoms with Crippen molar-refractivity contribution in [2.24, 2.45) is 0 Å². The molecule has 0 radical (unpaired) electrons. The summed E-state index contributed by atoms with van der Waals surface area (Å²) in [5, 5.41) is 13.8. The topological polar surface area (TPSA) is 69.6 Å². The second-order valence-electron chi connectivity index (χ2n) is 4.97. The highest BCUT2D eigenvalue weighted by Gasteiger charge is 2.32. The number of hydrogen-bond acceptors (Lipinski definition) is 4. The summed E-state index contributed by atoms with van der Waals surface area (Å²) in [7, 11) is 0. The lowest BCUT2D eigenvalue weighted by Gasteiger charge is -2.22. The molecule has 0 atom stereocenters. The molecule has 1 aromatic carbocycles. The van der Waals surface area contributed by atoms with Crippen molar-refractivity contribution in [3.05, 3.63) is 34.9 Å². The average Bonchev–Trinajstić information content (AvgIpc) is 2.71. The molecule has 0 unspecified atom stereocenters. The Bertz CT molecular complexity index is 691. The van der Waals surface area contributed by atoms with Gasteiger partial charge in [-0.3, -0.25) is 9.59 Å². The molecule has 0 bridgehead atoms. The number of anilines is 1. The number of carbonyl (C=O) groups is 2. The van der Waals surface area contributed by atoms with E-state index < -0.39 is 11.6 Å². The first kappa shape index (κ1) is 16.2. The molecule has 2 N–H and O–H groups in total. The molecule has 0 heterocycles. The Kier molecular flexibility index (Phi) is 4.61. The quantitative estimate of drug-likeness (QED) is 0.657. The van der Waals surface area contributed by atoms with Crippen LogP contribution < -0.4 is 5.32 Å². The van der Waals surface area contributed by atoms with Gasteiger partial charge in [0.25, 0.3) is 0 Å². The number of Topliss-reactive ketones (excluding diaryl/α,β-unsaturated/α-hetero) is 2. The molecule has 0 saturated carbocycles. The number of carbonyl (C=O) groups excluding carboxylic acids is 2. The number of allylic oxidation sites excluding steroid dienone is 1. The van der Waals surface area contributed by atoms with Crippen LogP contribution in [0.25, 0.3) is 5.76 Å². The molecule has 22 heavy (non-hydrogen) atoms.